The van der Waals surface area contributed by atoms with Crippen LogP contribution in [0.1, 0.15) is 12.0 Å². The van der Waals surface area contributed by atoms with E-state index in [1.807, 2.05) is 6.07 Å². The van der Waals surface area contributed by atoms with Crippen molar-refractivity contribution >= 4 is 17.6 Å². The van der Waals surface area contributed by atoms with Crippen molar-refractivity contribution in [3.63, 3.8) is 0 Å². The molecule has 0 spiro atoms. The van der Waals surface area contributed by atoms with Crippen LogP contribution < -0.4 is 10.6 Å². The third kappa shape index (κ3) is 4.37. The lowest BCUT2D eigenvalue weighted by molar-refractivity contribution is -0.124. The molecule has 1 fully saturated rings. The van der Waals surface area contributed by atoms with Crippen molar-refractivity contribution in [2.45, 2.75) is 25.1 Å². The second-order valence-electron chi connectivity index (χ2n) is 6.20. The number of para-hydroxylation sites is 1. The van der Waals surface area contributed by atoms with Crippen molar-refractivity contribution in [1.82, 2.24) is 10.2 Å². The van der Waals surface area contributed by atoms with E-state index in [0.29, 0.717) is 11.3 Å². The number of urea groups is 1. The Morgan fingerprint density at radius 2 is 1.92 bits per heavy atom. The average molecular weight is 357 g/mol. The topological polar surface area (TPSA) is 81.7 Å². The van der Waals surface area contributed by atoms with E-state index in [9.17, 15) is 19.1 Å². The van der Waals surface area contributed by atoms with E-state index in [2.05, 4.69) is 10.6 Å². The van der Waals surface area contributed by atoms with Crippen LogP contribution in [-0.4, -0.2) is 40.6 Å². The van der Waals surface area contributed by atoms with Crippen LogP contribution in [-0.2, 0) is 11.3 Å². The lowest BCUT2D eigenvalue weighted by Gasteiger charge is -2.24. The minimum Gasteiger partial charge on any atom is -0.391 e. The summed E-state index contributed by atoms with van der Waals surface area (Å²) < 4.78 is 13.2. The van der Waals surface area contributed by atoms with Gasteiger partial charge in [0.15, 0.2) is 0 Å². The number of hydrogen-bond donors (Lipinski definition) is 3. The van der Waals surface area contributed by atoms with Gasteiger partial charge in [-0.2, -0.15) is 0 Å². The molecule has 26 heavy (non-hydrogen) atoms. The highest BCUT2D eigenvalue weighted by molar-refractivity contribution is 5.94. The molecule has 0 unspecified atom stereocenters. The Bertz CT molecular complexity index is 785. The predicted molar refractivity (Wildman–Crippen MR) is 94.8 cm³/mol. The van der Waals surface area contributed by atoms with Gasteiger partial charge in [-0.15, -0.1) is 0 Å². The number of carbonyl (C=O) groups is 2. The number of nitrogens with zero attached hydrogens (tertiary/aromatic N) is 1. The Labute approximate surface area is 150 Å². The van der Waals surface area contributed by atoms with Crippen LogP contribution in [0.3, 0.4) is 0 Å². The molecule has 2 aromatic carbocycles. The van der Waals surface area contributed by atoms with Crippen LogP contribution in [0.4, 0.5) is 14.9 Å². The van der Waals surface area contributed by atoms with Gasteiger partial charge in [-0.05, 0) is 29.8 Å². The number of hydrogen-bond acceptors (Lipinski definition) is 3. The van der Waals surface area contributed by atoms with Crippen LogP contribution in [0.25, 0.3) is 0 Å². The summed E-state index contributed by atoms with van der Waals surface area (Å²) >= 11 is 0. The summed E-state index contributed by atoms with van der Waals surface area (Å²) in [4.78, 5) is 26.3. The molecular weight excluding hydrogens is 337 g/mol. The minimum atomic E-state index is -0.776. The fourth-order valence-corrected chi connectivity index (χ4v) is 2.96. The molecule has 2 atom stereocenters. The molecule has 7 heteroatoms. The third-order valence-electron chi connectivity index (χ3n) is 4.22. The molecule has 0 aliphatic carbocycles. The van der Waals surface area contributed by atoms with Gasteiger partial charge in [0.1, 0.15) is 11.9 Å². The van der Waals surface area contributed by atoms with Crippen molar-refractivity contribution < 1.29 is 19.1 Å². The Hall–Kier alpha value is -2.93. The largest absolute Gasteiger partial charge is 0.391 e. The number of carbonyl (C=O) groups excluding carboxylic acids is 2. The molecule has 3 rings (SSSR count). The van der Waals surface area contributed by atoms with Gasteiger partial charge < -0.3 is 20.6 Å². The van der Waals surface area contributed by atoms with Crippen LogP contribution >= 0.6 is 0 Å². The zero-order valence-corrected chi connectivity index (χ0v) is 14.1. The number of rotatable bonds is 4. The van der Waals surface area contributed by atoms with Crippen LogP contribution in [0.15, 0.2) is 54.6 Å². The molecule has 3 amide bonds. The molecule has 136 valence electrons. The maximum Gasteiger partial charge on any atom is 0.322 e. The van der Waals surface area contributed by atoms with Crippen molar-refractivity contribution in [3.05, 3.63) is 66.0 Å². The predicted octanol–water partition coefficient (Wildman–Crippen LogP) is 2.11. The van der Waals surface area contributed by atoms with E-state index in [0.717, 1.165) is 0 Å². The van der Waals surface area contributed by atoms with Gasteiger partial charge >= 0.3 is 6.03 Å². The number of halogens is 1. The summed E-state index contributed by atoms with van der Waals surface area (Å²) in [5.74, 6) is -0.758. The standard InChI is InChI=1S/C19H20FN3O3/c20-14-6-4-5-13(9-14)11-21-18(25)17-10-16(24)12-23(17)19(26)22-15-7-2-1-3-8-15/h1-9,16-17,24H,10-12H2,(H,21,25)(H,22,26)/t16-,17-/m1/s1. The summed E-state index contributed by atoms with van der Waals surface area (Å²) in [5, 5.41) is 15.3. The summed E-state index contributed by atoms with van der Waals surface area (Å²) in [7, 11) is 0. The summed E-state index contributed by atoms with van der Waals surface area (Å²) in [6.45, 7) is 0.230. The first-order valence-corrected chi connectivity index (χ1v) is 8.36. The fourth-order valence-electron chi connectivity index (χ4n) is 2.96. The number of β-amino-alcohol motifs (C(OH)–C–C–N with tert-alkyl or cyclic N) is 1. The maximum absolute atomic E-state index is 13.2. The molecule has 1 aliphatic rings. The molecule has 0 aromatic heterocycles. The molecule has 1 saturated heterocycles. The maximum atomic E-state index is 13.2. The van der Waals surface area contributed by atoms with Crippen LogP contribution in [0, 0.1) is 5.82 Å². The molecule has 6 nitrogen and oxygen atoms in total. The normalized spacial score (nSPS) is 19.2. The van der Waals surface area contributed by atoms with Crippen molar-refractivity contribution in [3.8, 4) is 0 Å². The molecule has 0 radical (unpaired) electrons. The van der Waals surface area contributed by atoms with Crippen molar-refractivity contribution in [2.24, 2.45) is 0 Å². The van der Waals surface area contributed by atoms with Gasteiger partial charge in [0, 0.05) is 25.2 Å². The number of amides is 3. The zero-order chi connectivity index (χ0) is 18.5. The second kappa shape index (κ2) is 7.97. The highest BCUT2D eigenvalue weighted by Gasteiger charge is 2.38. The fraction of sp³-hybridized carbons (Fsp3) is 0.263. The van der Waals surface area contributed by atoms with Gasteiger partial charge in [0.05, 0.1) is 6.10 Å². The monoisotopic (exact) mass is 357 g/mol. The number of benzene rings is 2. The molecule has 0 saturated carbocycles. The van der Waals surface area contributed by atoms with Gasteiger partial charge in [0.25, 0.3) is 0 Å². The first-order chi connectivity index (χ1) is 12.5. The summed E-state index contributed by atoms with van der Waals surface area (Å²) in [6, 6.07) is 13.6. The first-order valence-electron chi connectivity index (χ1n) is 8.36. The minimum absolute atomic E-state index is 0.0801. The quantitative estimate of drug-likeness (QED) is 0.784. The Balaban J connectivity index is 1.62. The van der Waals surface area contributed by atoms with Crippen LogP contribution in [0.2, 0.25) is 0 Å². The van der Waals surface area contributed by atoms with Crippen LogP contribution in [0.5, 0.6) is 0 Å². The molecule has 3 N–H and O–H groups in total. The SMILES string of the molecule is O=C(NCc1cccc(F)c1)[C@H]1C[C@@H](O)CN1C(=O)Nc1ccccc1. The Kier molecular flexibility index (Phi) is 5.48. The number of likely N-dealkylation sites (tertiary alicyclic amines) is 1. The molecule has 1 aliphatic heterocycles. The van der Waals surface area contributed by atoms with E-state index in [-0.39, 0.29) is 31.2 Å². The highest BCUT2D eigenvalue weighted by atomic mass is 19.1. The van der Waals surface area contributed by atoms with E-state index in [4.69, 9.17) is 0 Å². The lowest BCUT2D eigenvalue weighted by atomic mass is 10.1. The van der Waals surface area contributed by atoms with Gasteiger partial charge in [0.2, 0.25) is 5.91 Å². The number of anilines is 1. The molecular formula is C19H20FN3O3. The van der Waals surface area contributed by atoms with E-state index in [1.54, 1.807) is 36.4 Å². The van der Waals surface area contributed by atoms with Crippen molar-refractivity contribution in [2.75, 3.05) is 11.9 Å². The molecule has 1 heterocycles. The number of aliphatic hydroxyl groups is 1. The summed E-state index contributed by atoms with van der Waals surface area (Å²) in [5.41, 5.74) is 1.23. The molecule has 2 aromatic rings. The van der Waals surface area contributed by atoms with E-state index in [1.165, 1.54) is 17.0 Å². The van der Waals surface area contributed by atoms with Gasteiger partial charge in [-0.1, -0.05) is 30.3 Å². The Morgan fingerprint density at radius 1 is 1.15 bits per heavy atom. The smallest absolute Gasteiger partial charge is 0.322 e. The summed E-state index contributed by atoms with van der Waals surface area (Å²) in [6.07, 6.45) is -0.599. The molecule has 0 bridgehead atoms. The number of nitrogens with one attached hydrogen (secondary N) is 2. The van der Waals surface area contributed by atoms with Crippen molar-refractivity contribution in [1.29, 1.82) is 0 Å². The second-order valence-corrected chi connectivity index (χ2v) is 6.20. The third-order valence-corrected chi connectivity index (χ3v) is 4.22. The zero-order valence-electron chi connectivity index (χ0n) is 14.1. The highest BCUT2D eigenvalue weighted by Crippen LogP contribution is 2.20. The van der Waals surface area contributed by atoms with E-state index < -0.39 is 18.2 Å². The number of aliphatic hydroxyl groups excluding tert-OH is 1. The lowest BCUT2D eigenvalue weighted by Crippen LogP contribution is -2.47. The van der Waals surface area contributed by atoms with E-state index >= 15 is 0 Å². The Morgan fingerprint density at radius 3 is 2.65 bits per heavy atom. The average Bonchev–Trinajstić information content (AvgIpc) is 3.03. The van der Waals surface area contributed by atoms with Gasteiger partial charge in [-0.3, -0.25) is 4.79 Å². The van der Waals surface area contributed by atoms with Gasteiger partial charge in [-0.25, -0.2) is 9.18 Å². The first kappa shape index (κ1) is 17.9.